The van der Waals surface area contributed by atoms with Crippen molar-refractivity contribution in [1.29, 1.82) is 0 Å². The van der Waals surface area contributed by atoms with Crippen molar-refractivity contribution in [2.24, 2.45) is 4.99 Å². The normalized spacial score (nSPS) is 15.6. The number of nitrogens with zero attached hydrogens (tertiary/aromatic N) is 2. The Morgan fingerprint density at radius 1 is 1.29 bits per heavy atom. The standard InChI is InChI=1S/C14H17BN2/c1-9-11-7-6-8-12(14(3,4)5)13(11)16-10(2)17(9)15/h6-8H,1H2,2-5H3. The van der Waals surface area contributed by atoms with Gasteiger partial charge in [-0.25, -0.2) is 4.99 Å². The summed E-state index contributed by atoms with van der Waals surface area (Å²) < 4.78 is 0. The lowest BCUT2D eigenvalue weighted by atomic mass is 9.83. The summed E-state index contributed by atoms with van der Waals surface area (Å²) in [7, 11) is 5.90. The van der Waals surface area contributed by atoms with E-state index in [1.807, 2.05) is 19.1 Å². The van der Waals surface area contributed by atoms with Crippen LogP contribution in [-0.2, 0) is 5.41 Å². The van der Waals surface area contributed by atoms with Gasteiger partial charge in [0.15, 0.2) is 0 Å². The summed E-state index contributed by atoms with van der Waals surface area (Å²) in [6.07, 6.45) is 0. The largest absolute Gasteiger partial charge is 0.387 e. The highest BCUT2D eigenvalue weighted by Gasteiger charge is 2.24. The van der Waals surface area contributed by atoms with Crippen LogP contribution in [0.2, 0.25) is 0 Å². The zero-order valence-corrected chi connectivity index (χ0v) is 10.9. The monoisotopic (exact) mass is 224 g/mol. The molecule has 1 heterocycles. The zero-order chi connectivity index (χ0) is 12.8. The van der Waals surface area contributed by atoms with E-state index < -0.39 is 0 Å². The van der Waals surface area contributed by atoms with Crippen molar-refractivity contribution >= 4 is 25.2 Å². The van der Waals surface area contributed by atoms with E-state index in [4.69, 9.17) is 7.98 Å². The van der Waals surface area contributed by atoms with E-state index in [1.165, 1.54) is 10.4 Å². The fourth-order valence-electron chi connectivity index (χ4n) is 2.04. The Morgan fingerprint density at radius 2 is 1.94 bits per heavy atom. The van der Waals surface area contributed by atoms with Crippen LogP contribution < -0.4 is 0 Å². The number of hydrogen-bond donors (Lipinski definition) is 0. The van der Waals surface area contributed by atoms with E-state index in [9.17, 15) is 0 Å². The quantitative estimate of drug-likeness (QED) is 0.616. The van der Waals surface area contributed by atoms with Gasteiger partial charge >= 0.3 is 0 Å². The molecule has 0 unspecified atom stereocenters. The molecule has 0 spiro atoms. The molecule has 0 amide bonds. The number of fused-ring (bicyclic) bond motifs is 1. The van der Waals surface area contributed by atoms with Gasteiger partial charge in [0.25, 0.3) is 0 Å². The van der Waals surface area contributed by atoms with Gasteiger partial charge in [-0.15, -0.1) is 0 Å². The molecule has 3 heteroatoms. The molecule has 1 aliphatic rings. The molecule has 17 heavy (non-hydrogen) atoms. The van der Waals surface area contributed by atoms with Crippen molar-refractivity contribution < 1.29 is 0 Å². The highest BCUT2D eigenvalue weighted by atomic mass is 15.1. The van der Waals surface area contributed by atoms with Crippen molar-refractivity contribution in [2.45, 2.75) is 33.1 Å². The number of para-hydroxylation sites is 1. The maximum atomic E-state index is 5.90. The number of hydrogen-bond acceptors (Lipinski definition) is 2. The molecular weight excluding hydrogens is 207 g/mol. The summed E-state index contributed by atoms with van der Waals surface area (Å²) in [5, 5.41) is 0. The first kappa shape index (κ1) is 12.0. The average molecular weight is 224 g/mol. The Labute approximate surface area is 104 Å². The maximum absolute atomic E-state index is 5.90. The van der Waals surface area contributed by atoms with E-state index in [0.717, 1.165) is 22.8 Å². The summed E-state index contributed by atoms with van der Waals surface area (Å²) in [6, 6.07) is 6.17. The lowest BCUT2D eigenvalue weighted by Crippen LogP contribution is -2.27. The fourth-order valence-corrected chi connectivity index (χ4v) is 2.04. The lowest BCUT2D eigenvalue weighted by Gasteiger charge is -2.31. The molecule has 1 aliphatic heterocycles. The molecule has 0 saturated carbocycles. The van der Waals surface area contributed by atoms with E-state index in [0.29, 0.717) is 0 Å². The number of aliphatic imine (C=N–C) groups is 1. The highest BCUT2D eigenvalue weighted by molar-refractivity contribution is 6.22. The molecule has 2 nitrogen and oxygen atoms in total. The molecule has 1 aromatic rings. The van der Waals surface area contributed by atoms with Gasteiger partial charge in [-0.1, -0.05) is 45.5 Å². The van der Waals surface area contributed by atoms with Gasteiger partial charge in [-0.3, -0.25) is 0 Å². The van der Waals surface area contributed by atoms with Gasteiger partial charge < -0.3 is 4.81 Å². The summed E-state index contributed by atoms with van der Waals surface area (Å²) in [5.41, 5.74) is 4.11. The SMILES string of the molecule is [B]N1C(=C)c2cccc(C(C)(C)C)c2N=C1C. The zero-order valence-electron chi connectivity index (χ0n) is 10.9. The molecule has 86 valence electrons. The van der Waals surface area contributed by atoms with Gasteiger partial charge in [0.05, 0.1) is 11.5 Å². The number of benzene rings is 1. The molecule has 0 bridgehead atoms. The number of rotatable bonds is 0. The van der Waals surface area contributed by atoms with Crippen LogP contribution in [0.3, 0.4) is 0 Å². The van der Waals surface area contributed by atoms with E-state index in [-0.39, 0.29) is 5.41 Å². The van der Waals surface area contributed by atoms with Crippen LogP contribution in [0, 0.1) is 0 Å². The van der Waals surface area contributed by atoms with Crippen molar-refractivity contribution in [3.8, 4) is 0 Å². The van der Waals surface area contributed by atoms with Crippen LogP contribution in [0.5, 0.6) is 0 Å². The summed E-state index contributed by atoms with van der Waals surface area (Å²) >= 11 is 0. The van der Waals surface area contributed by atoms with Gasteiger partial charge in [-0.2, -0.15) is 0 Å². The molecule has 1 aromatic carbocycles. The second kappa shape index (κ2) is 3.76. The van der Waals surface area contributed by atoms with Gasteiger partial charge in [0.1, 0.15) is 0 Å². The lowest BCUT2D eigenvalue weighted by molar-refractivity contribution is 0.590. The molecule has 2 rings (SSSR count). The van der Waals surface area contributed by atoms with E-state index in [1.54, 1.807) is 0 Å². The maximum Gasteiger partial charge on any atom is 0.236 e. The second-order valence-corrected chi connectivity index (χ2v) is 5.43. The Bertz CT molecular complexity index is 509. The minimum Gasteiger partial charge on any atom is -0.387 e. The highest BCUT2D eigenvalue weighted by Crippen LogP contribution is 2.40. The minimum absolute atomic E-state index is 0.0617. The smallest absolute Gasteiger partial charge is 0.236 e. The molecule has 0 saturated heterocycles. The van der Waals surface area contributed by atoms with Crippen LogP contribution in [0.4, 0.5) is 5.69 Å². The Morgan fingerprint density at radius 3 is 2.53 bits per heavy atom. The van der Waals surface area contributed by atoms with E-state index in [2.05, 4.69) is 38.4 Å². The Balaban J connectivity index is 2.71. The average Bonchev–Trinajstić information content (AvgIpc) is 2.24. The molecule has 2 radical (unpaired) electrons. The summed E-state index contributed by atoms with van der Waals surface area (Å²) in [6.45, 7) is 12.5. The summed E-state index contributed by atoms with van der Waals surface area (Å²) in [5.74, 6) is 0.777. The topological polar surface area (TPSA) is 15.6 Å². The van der Waals surface area contributed by atoms with Crippen LogP contribution in [0.1, 0.15) is 38.8 Å². The molecule has 0 atom stereocenters. The van der Waals surface area contributed by atoms with Crippen LogP contribution in [-0.4, -0.2) is 18.6 Å². The van der Waals surface area contributed by atoms with Crippen molar-refractivity contribution in [3.63, 3.8) is 0 Å². The molecule has 0 aliphatic carbocycles. The molecule has 0 fully saturated rings. The van der Waals surface area contributed by atoms with Crippen LogP contribution in [0.15, 0.2) is 29.8 Å². The van der Waals surface area contributed by atoms with E-state index >= 15 is 0 Å². The molecule has 0 aromatic heterocycles. The third kappa shape index (κ3) is 1.90. The minimum atomic E-state index is 0.0617. The summed E-state index contributed by atoms with van der Waals surface area (Å²) in [4.78, 5) is 6.14. The van der Waals surface area contributed by atoms with Crippen molar-refractivity contribution in [2.75, 3.05) is 0 Å². The first-order valence-electron chi connectivity index (χ1n) is 5.75. The Kier molecular flexibility index (Phi) is 2.65. The third-order valence-corrected chi connectivity index (χ3v) is 3.07. The van der Waals surface area contributed by atoms with Crippen LogP contribution in [0.25, 0.3) is 5.70 Å². The van der Waals surface area contributed by atoms with Gasteiger partial charge in [0.2, 0.25) is 7.98 Å². The van der Waals surface area contributed by atoms with Gasteiger partial charge in [-0.05, 0) is 17.9 Å². The second-order valence-electron chi connectivity index (χ2n) is 5.43. The first-order valence-corrected chi connectivity index (χ1v) is 5.75. The third-order valence-electron chi connectivity index (χ3n) is 3.07. The number of amidine groups is 1. The Hall–Kier alpha value is -1.51. The van der Waals surface area contributed by atoms with Crippen molar-refractivity contribution in [3.05, 3.63) is 35.9 Å². The van der Waals surface area contributed by atoms with Gasteiger partial charge in [0, 0.05) is 11.3 Å². The molecular formula is C14H17BN2. The van der Waals surface area contributed by atoms with Crippen molar-refractivity contribution in [1.82, 2.24) is 4.81 Å². The first-order chi connectivity index (χ1) is 7.82. The fraction of sp³-hybridized carbons (Fsp3) is 0.357. The molecule has 0 N–H and O–H groups in total. The predicted octanol–water partition coefficient (Wildman–Crippen LogP) is 3.40. The van der Waals surface area contributed by atoms with Crippen LogP contribution >= 0.6 is 0 Å². The predicted molar refractivity (Wildman–Crippen MR) is 74.5 cm³/mol.